The fourth-order valence-electron chi connectivity index (χ4n) is 3.74. The third-order valence-corrected chi connectivity index (χ3v) is 7.66. The molecule has 2 saturated heterocycles. The fraction of sp³-hybridized carbons (Fsp3) is 0.600. The van der Waals surface area contributed by atoms with Gasteiger partial charge in [-0.3, -0.25) is 9.69 Å². The Kier molecular flexibility index (Phi) is 7.80. The summed E-state index contributed by atoms with van der Waals surface area (Å²) in [5, 5.41) is 8.93. The van der Waals surface area contributed by atoms with Crippen molar-refractivity contribution in [3.63, 3.8) is 0 Å². The van der Waals surface area contributed by atoms with Crippen LogP contribution in [-0.4, -0.2) is 105 Å². The number of rotatable bonds is 7. The first-order valence-corrected chi connectivity index (χ1v) is 11.7. The highest BCUT2D eigenvalue weighted by Gasteiger charge is 2.34. The Labute approximate surface area is 179 Å². The summed E-state index contributed by atoms with van der Waals surface area (Å²) in [6, 6.07) is 11.4. The van der Waals surface area contributed by atoms with Crippen LogP contribution in [0.3, 0.4) is 0 Å². The topological polar surface area (TPSA) is 91.2 Å². The number of piperazine rings is 2. The average molecular weight is 435 g/mol. The molecule has 0 atom stereocenters. The normalized spacial score (nSPS) is 20.0. The van der Waals surface area contributed by atoms with Gasteiger partial charge in [0.2, 0.25) is 5.91 Å². The number of amides is 1. The number of likely N-dealkylation sites (N-methyl/N-ethyl adjacent to an activating group) is 1. The maximum absolute atomic E-state index is 12.9. The van der Waals surface area contributed by atoms with E-state index in [9.17, 15) is 13.2 Å². The lowest BCUT2D eigenvalue weighted by Gasteiger charge is -2.39. The minimum Gasteiger partial charge on any atom is -0.310 e. The van der Waals surface area contributed by atoms with E-state index >= 15 is 0 Å². The molecule has 9 nitrogen and oxygen atoms in total. The van der Waals surface area contributed by atoms with E-state index in [0.29, 0.717) is 45.8 Å². The molecule has 3 rings (SSSR count). The summed E-state index contributed by atoms with van der Waals surface area (Å²) in [7, 11) is -1.45. The Bertz CT molecular complexity index is 841. The van der Waals surface area contributed by atoms with Crippen molar-refractivity contribution in [2.45, 2.75) is 6.42 Å². The largest absolute Gasteiger partial charge is 0.310 e. The molecule has 0 N–H and O–H groups in total. The van der Waals surface area contributed by atoms with Crippen molar-refractivity contribution in [1.29, 1.82) is 5.26 Å². The molecule has 0 spiro atoms. The van der Waals surface area contributed by atoms with Gasteiger partial charge in [0.25, 0.3) is 10.2 Å². The van der Waals surface area contributed by atoms with Crippen LogP contribution in [0.2, 0.25) is 0 Å². The Morgan fingerprint density at radius 3 is 2.13 bits per heavy atom. The van der Waals surface area contributed by atoms with Crippen LogP contribution in [0.25, 0.3) is 0 Å². The molecule has 2 heterocycles. The molecule has 2 aliphatic heterocycles. The smallest absolute Gasteiger partial charge is 0.282 e. The van der Waals surface area contributed by atoms with E-state index in [1.165, 1.54) is 4.31 Å². The van der Waals surface area contributed by atoms with E-state index < -0.39 is 10.2 Å². The van der Waals surface area contributed by atoms with Crippen LogP contribution in [0.15, 0.2) is 30.3 Å². The summed E-state index contributed by atoms with van der Waals surface area (Å²) < 4.78 is 28.9. The molecule has 1 amide bonds. The number of benzene rings is 1. The van der Waals surface area contributed by atoms with E-state index in [1.807, 2.05) is 42.3 Å². The highest BCUT2D eigenvalue weighted by molar-refractivity contribution is 7.86. The molecule has 0 aliphatic carbocycles. The van der Waals surface area contributed by atoms with Gasteiger partial charge in [-0.25, -0.2) is 0 Å². The average Bonchev–Trinajstić information content (AvgIpc) is 2.75. The Morgan fingerprint density at radius 1 is 1.00 bits per heavy atom. The van der Waals surface area contributed by atoms with Gasteiger partial charge in [0.15, 0.2) is 0 Å². The van der Waals surface area contributed by atoms with Gasteiger partial charge in [-0.05, 0) is 19.2 Å². The Morgan fingerprint density at radius 2 is 1.57 bits per heavy atom. The molecule has 2 fully saturated rings. The minimum atomic E-state index is -3.45. The van der Waals surface area contributed by atoms with Gasteiger partial charge in [-0.1, -0.05) is 18.2 Å². The monoisotopic (exact) mass is 434 g/mol. The molecular weight excluding hydrogens is 404 g/mol. The highest BCUT2D eigenvalue weighted by Crippen LogP contribution is 2.17. The second-order valence-electron chi connectivity index (χ2n) is 7.67. The molecule has 0 radical (unpaired) electrons. The number of hydrogen-bond acceptors (Lipinski definition) is 6. The Hall–Kier alpha value is -2.03. The van der Waals surface area contributed by atoms with Crippen LogP contribution in [0.1, 0.15) is 6.42 Å². The number of anilines is 1. The SMILES string of the molecule is CN1CCN(S(=O)(=O)N2CCN(CC(=O)N(CCC#N)c3ccccc3)CC2)CC1. The molecule has 0 unspecified atom stereocenters. The number of carbonyl (C=O) groups is 1. The molecule has 0 bridgehead atoms. The predicted octanol–water partition coefficient (Wildman–Crippen LogP) is 0.0431. The fourth-order valence-corrected chi connectivity index (χ4v) is 5.32. The summed E-state index contributed by atoms with van der Waals surface area (Å²) in [6.07, 6.45) is 0.262. The molecular formula is C20H30N6O3S. The van der Waals surface area contributed by atoms with Gasteiger partial charge in [0.05, 0.1) is 19.0 Å². The molecule has 0 aromatic heterocycles. The summed E-state index contributed by atoms with van der Waals surface area (Å²) in [5.41, 5.74) is 0.772. The van der Waals surface area contributed by atoms with Crippen LogP contribution in [0.4, 0.5) is 5.69 Å². The van der Waals surface area contributed by atoms with Gasteiger partial charge in [-0.15, -0.1) is 0 Å². The zero-order valence-electron chi connectivity index (χ0n) is 17.5. The molecule has 1 aromatic carbocycles. The molecule has 0 saturated carbocycles. The number of hydrogen-bond donors (Lipinski definition) is 0. The van der Waals surface area contributed by atoms with Gasteiger partial charge in [-0.2, -0.15) is 22.3 Å². The number of carbonyl (C=O) groups excluding carboxylic acids is 1. The zero-order chi connectivity index (χ0) is 21.6. The summed E-state index contributed by atoms with van der Waals surface area (Å²) >= 11 is 0. The standard InChI is InChI=1S/C20H30N6O3S/c1-22-10-14-24(15-11-22)30(28,29)25-16-12-23(13-17-25)18-20(27)26(9-5-8-21)19-6-3-2-4-7-19/h2-4,6-7H,5,9-18H2,1H3. The predicted molar refractivity (Wildman–Crippen MR) is 115 cm³/mol. The quantitative estimate of drug-likeness (QED) is 0.602. The van der Waals surface area contributed by atoms with Crippen molar-refractivity contribution in [3.8, 4) is 6.07 Å². The van der Waals surface area contributed by atoms with E-state index in [2.05, 4.69) is 11.0 Å². The molecule has 30 heavy (non-hydrogen) atoms. The molecule has 10 heteroatoms. The third kappa shape index (κ3) is 5.56. The lowest BCUT2D eigenvalue weighted by Crippen LogP contribution is -2.57. The lowest BCUT2D eigenvalue weighted by molar-refractivity contribution is -0.120. The second-order valence-corrected chi connectivity index (χ2v) is 9.60. The van der Waals surface area contributed by atoms with Crippen LogP contribution >= 0.6 is 0 Å². The van der Waals surface area contributed by atoms with Crippen LogP contribution in [0, 0.1) is 11.3 Å². The molecule has 164 valence electrons. The van der Waals surface area contributed by atoms with E-state index in [0.717, 1.165) is 18.8 Å². The molecule has 2 aliphatic rings. The van der Waals surface area contributed by atoms with E-state index in [-0.39, 0.29) is 18.9 Å². The number of nitrogens with zero attached hydrogens (tertiary/aromatic N) is 6. The van der Waals surface area contributed by atoms with Crippen LogP contribution in [0.5, 0.6) is 0 Å². The first-order chi connectivity index (χ1) is 14.4. The first kappa shape index (κ1) is 22.7. The lowest BCUT2D eigenvalue weighted by atomic mass is 10.2. The number of nitriles is 1. The number of para-hydroxylation sites is 1. The Balaban J connectivity index is 1.55. The van der Waals surface area contributed by atoms with Gasteiger partial charge in [0.1, 0.15) is 0 Å². The van der Waals surface area contributed by atoms with Crippen LogP contribution < -0.4 is 4.90 Å². The summed E-state index contributed by atoms with van der Waals surface area (Å²) in [5.74, 6) is -0.0770. The van der Waals surface area contributed by atoms with E-state index in [4.69, 9.17) is 5.26 Å². The van der Waals surface area contributed by atoms with Crippen molar-refractivity contribution in [3.05, 3.63) is 30.3 Å². The second kappa shape index (κ2) is 10.3. The maximum atomic E-state index is 12.9. The highest BCUT2D eigenvalue weighted by atomic mass is 32.2. The van der Waals surface area contributed by atoms with Crippen molar-refractivity contribution in [1.82, 2.24) is 18.4 Å². The van der Waals surface area contributed by atoms with Crippen LogP contribution in [-0.2, 0) is 15.0 Å². The van der Waals surface area contributed by atoms with Gasteiger partial charge < -0.3 is 9.80 Å². The minimum absolute atomic E-state index is 0.0770. The van der Waals surface area contributed by atoms with E-state index in [1.54, 1.807) is 9.21 Å². The summed E-state index contributed by atoms with van der Waals surface area (Å²) in [6.45, 7) is 4.86. The van der Waals surface area contributed by atoms with Crippen molar-refractivity contribution in [2.75, 3.05) is 77.4 Å². The van der Waals surface area contributed by atoms with Crippen molar-refractivity contribution in [2.24, 2.45) is 0 Å². The zero-order valence-corrected chi connectivity index (χ0v) is 18.3. The van der Waals surface area contributed by atoms with Crippen molar-refractivity contribution >= 4 is 21.8 Å². The molecule has 1 aromatic rings. The third-order valence-electron chi connectivity index (χ3n) is 5.62. The first-order valence-electron chi connectivity index (χ1n) is 10.3. The van der Waals surface area contributed by atoms with Crippen molar-refractivity contribution < 1.29 is 13.2 Å². The van der Waals surface area contributed by atoms with Gasteiger partial charge in [0, 0.05) is 64.6 Å². The summed E-state index contributed by atoms with van der Waals surface area (Å²) in [4.78, 5) is 18.7. The van der Waals surface area contributed by atoms with Gasteiger partial charge >= 0.3 is 0 Å². The maximum Gasteiger partial charge on any atom is 0.282 e.